The molecule has 7 nitrogen and oxygen atoms in total. The van der Waals surface area contributed by atoms with Crippen LogP contribution in [0.1, 0.15) is 16.8 Å². The van der Waals surface area contributed by atoms with Gasteiger partial charge < -0.3 is 25.6 Å². The minimum atomic E-state index is -1.27. The number of benzene rings is 2. The lowest BCUT2D eigenvalue weighted by Crippen LogP contribution is -2.40. The molecule has 0 aliphatic carbocycles. The smallest absolute Gasteiger partial charge is 0.251 e. The van der Waals surface area contributed by atoms with Gasteiger partial charge in [-0.15, -0.1) is 0 Å². The van der Waals surface area contributed by atoms with Crippen molar-refractivity contribution in [3.05, 3.63) is 66.0 Å². The average Bonchev–Trinajstić information content (AvgIpc) is 2.94. The molecule has 28 heavy (non-hydrogen) atoms. The third-order valence-electron chi connectivity index (χ3n) is 4.46. The van der Waals surface area contributed by atoms with Gasteiger partial charge in [0, 0.05) is 17.8 Å². The molecule has 1 aliphatic rings. The standard InChI is InChI=1S/C20H21FN2O5/c21-13-6-4-5-12(9-13)20(27)22-11-16-19(26)18(25)15(28-16)10-17(24)23-14-7-2-1-3-8-14/h1-9,15-16,18-19,25-26H,10-11H2,(H,22,27)(H,23,24). The molecule has 4 N–H and O–H groups in total. The van der Waals surface area contributed by atoms with Crippen LogP contribution in [0.2, 0.25) is 0 Å². The fraction of sp³-hybridized carbons (Fsp3) is 0.300. The van der Waals surface area contributed by atoms with E-state index in [0.29, 0.717) is 5.69 Å². The molecule has 0 saturated carbocycles. The average molecular weight is 388 g/mol. The van der Waals surface area contributed by atoms with Crippen molar-refractivity contribution in [2.75, 3.05) is 11.9 Å². The minimum absolute atomic E-state index is 0.0929. The maximum atomic E-state index is 13.2. The molecule has 8 heteroatoms. The van der Waals surface area contributed by atoms with Crippen molar-refractivity contribution in [3.8, 4) is 0 Å². The molecular formula is C20H21FN2O5. The maximum Gasteiger partial charge on any atom is 0.251 e. The first-order valence-electron chi connectivity index (χ1n) is 8.84. The summed E-state index contributed by atoms with van der Waals surface area (Å²) in [5.41, 5.74) is 0.742. The van der Waals surface area contributed by atoms with E-state index in [4.69, 9.17) is 4.74 Å². The summed E-state index contributed by atoms with van der Waals surface area (Å²) < 4.78 is 18.8. The van der Waals surface area contributed by atoms with E-state index in [1.807, 2.05) is 6.07 Å². The molecule has 0 bridgehead atoms. The summed E-state index contributed by atoms with van der Waals surface area (Å²) in [5, 5.41) is 25.5. The Balaban J connectivity index is 1.52. The van der Waals surface area contributed by atoms with E-state index >= 15 is 0 Å². The van der Waals surface area contributed by atoms with Gasteiger partial charge >= 0.3 is 0 Å². The van der Waals surface area contributed by atoms with Crippen LogP contribution in [0.15, 0.2) is 54.6 Å². The van der Waals surface area contributed by atoms with Crippen LogP contribution >= 0.6 is 0 Å². The second-order valence-electron chi connectivity index (χ2n) is 6.53. The summed E-state index contributed by atoms with van der Waals surface area (Å²) in [6, 6.07) is 14.0. The first kappa shape index (κ1) is 19.9. The van der Waals surface area contributed by atoms with Gasteiger partial charge in [0.15, 0.2) is 0 Å². The van der Waals surface area contributed by atoms with Crippen LogP contribution in [-0.4, -0.2) is 53.0 Å². The summed E-state index contributed by atoms with van der Waals surface area (Å²) in [7, 11) is 0. The molecular weight excluding hydrogens is 367 g/mol. The normalized spacial score (nSPS) is 24.0. The molecule has 0 aromatic heterocycles. The lowest BCUT2D eigenvalue weighted by atomic mass is 10.1. The summed E-state index contributed by atoms with van der Waals surface area (Å²) in [5.74, 6) is -1.44. The number of ether oxygens (including phenoxy) is 1. The highest BCUT2D eigenvalue weighted by Gasteiger charge is 2.43. The zero-order valence-corrected chi connectivity index (χ0v) is 14.9. The Morgan fingerprint density at radius 3 is 2.43 bits per heavy atom. The van der Waals surface area contributed by atoms with Crippen molar-refractivity contribution in [2.45, 2.75) is 30.8 Å². The van der Waals surface area contributed by atoms with E-state index in [0.717, 1.165) is 6.07 Å². The van der Waals surface area contributed by atoms with Crippen LogP contribution in [0.3, 0.4) is 0 Å². The third kappa shape index (κ3) is 4.92. The lowest BCUT2D eigenvalue weighted by Gasteiger charge is -2.15. The van der Waals surface area contributed by atoms with Gasteiger partial charge in [0.2, 0.25) is 5.91 Å². The van der Waals surface area contributed by atoms with E-state index in [2.05, 4.69) is 10.6 Å². The zero-order valence-electron chi connectivity index (χ0n) is 14.9. The summed E-state index contributed by atoms with van der Waals surface area (Å²) in [6.07, 6.45) is -4.47. The highest BCUT2D eigenvalue weighted by atomic mass is 19.1. The molecule has 1 fully saturated rings. The van der Waals surface area contributed by atoms with E-state index < -0.39 is 36.1 Å². The Morgan fingerprint density at radius 1 is 1.00 bits per heavy atom. The third-order valence-corrected chi connectivity index (χ3v) is 4.46. The Hall–Kier alpha value is -2.81. The topological polar surface area (TPSA) is 108 Å². The van der Waals surface area contributed by atoms with E-state index in [1.165, 1.54) is 18.2 Å². The van der Waals surface area contributed by atoms with Gasteiger partial charge in [-0.05, 0) is 30.3 Å². The van der Waals surface area contributed by atoms with Gasteiger partial charge in [0.05, 0.1) is 12.5 Å². The largest absolute Gasteiger partial charge is 0.388 e. The molecule has 0 spiro atoms. The number of halogens is 1. The molecule has 4 unspecified atom stereocenters. The van der Waals surface area contributed by atoms with Crippen LogP contribution in [0, 0.1) is 5.82 Å². The summed E-state index contributed by atoms with van der Waals surface area (Å²) in [4.78, 5) is 24.2. The van der Waals surface area contributed by atoms with Crippen LogP contribution in [0.4, 0.5) is 10.1 Å². The van der Waals surface area contributed by atoms with Crippen LogP contribution in [0.5, 0.6) is 0 Å². The molecule has 0 radical (unpaired) electrons. The van der Waals surface area contributed by atoms with Crippen molar-refractivity contribution in [1.29, 1.82) is 0 Å². The lowest BCUT2D eigenvalue weighted by molar-refractivity contribution is -0.120. The van der Waals surface area contributed by atoms with Crippen LogP contribution < -0.4 is 10.6 Å². The number of carbonyl (C=O) groups excluding carboxylic acids is 2. The molecule has 4 atom stereocenters. The van der Waals surface area contributed by atoms with Crippen molar-refractivity contribution in [2.24, 2.45) is 0 Å². The molecule has 148 valence electrons. The molecule has 2 aromatic rings. The fourth-order valence-corrected chi connectivity index (χ4v) is 3.00. The SMILES string of the molecule is O=C(CC1OC(CNC(=O)c2cccc(F)c2)C(O)C1O)Nc1ccccc1. The first-order chi connectivity index (χ1) is 13.4. The summed E-state index contributed by atoms with van der Waals surface area (Å²) in [6.45, 7) is -0.0929. The highest BCUT2D eigenvalue weighted by Crippen LogP contribution is 2.24. The van der Waals surface area contributed by atoms with Gasteiger partial charge in [-0.1, -0.05) is 24.3 Å². The van der Waals surface area contributed by atoms with Crippen molar-refractivity contribution in [1.82, 2.24) is 5.32 Å². The van der Waals surface area contributed by atoms with Gasteiger partial charge in [0.25, 0.3) is 5.91 Å². The fourth-order valence-electron chi connectivity index (χ4n) is 3.00. The predicted molar refractivity (Wildman–Crippen MR) is 99.1 cm³/mol. The number of carbonyl (C=O) groups is 2. The number of hydrogen-bond acceptors (Lipinski definition) is 5. The van der Waals surface area contributed by atoms with Crippen molar-refractivity contribution < 1.29 is 28.9 Å². The van der Waals surface area contributed by atoms with Gasteiger partial charge in [0.1, 0.15) is 24.1 Å². The van der Waals surface area contributed by atoms with E-state index in [9.17, 15) is 24.2 Å². The number of amides is 2. The van der Waals surface area contributed by atoms with Gasteiger partial charge in [-0.3, -0.25) is 9.59 Å². The Bertz CT molecular complexity index is 832. The van der Waals surface area contributed by atoms with Crippen molar-refractivity contribution >= 4 is 17.5 Å². The van der Waals surface area contributed by atoms with Crippen molar-refractivity contribution in [3.63, 3.8) is 0 Å². The number of anilines is 1. The number of aliphatic hydroxyl groups excluding tert-OH is 2. The number of hydrogen-bond donors (Lipinski definition) is 4. The molecule has 1 heterocycles. The molecule has 1 aliphatic heterocycles. The second kappa shape index (κ2) is 8.92. The van der Waals surface area contributed by atoms with Crippen LogP contribution in [-0.2, 0) is 9.53 Å². The van der Waals surface area contributed by atoms with Gasteiger partial charge in [-0.25, -0.2) is 4.39 Å². The summed E-state index contributed by atoms with van der Waals surface area (Å²) >= 11 is 0. The predicted octanol–water partition coefficient (Wildman–Crippen LogP) is 1.07. The number of aliphatic hydroxyl groups is 2. The Labute approximate surface area is 161 Å². The molecule has 2 amide bonds. The maximum absolute atomic E-state index is 13.2. The molecule has 2 aromatic carbocycles. The quantitative estimate of drug-likeness (QED) is 0.592. The van der Waals surface area contributed by atoms with E-state index in [1.54, 1.807) is 24.3 Å². The highest BCUT2D eigenvalue weighted by molar-refractivity contribution is 5.94. The van der Waals surface area contributed by atoms with Gasteiger partial charge in [-0.2, -0.15) is 0 Å². The first-order valence-corrected chi connectivity index (χ1v) is 8.84. The molecule has 1 saturated heterocycles. The monoisotopic (exact) mass is 388 g/mol. The Morgan fingerprint density at radius 2 is 1.71 bits per heavy atom. The molecule has 3 rings (SSSR count). The zero-order chi connectivity index (χ0) is 20.1. The second-order valence-corrected chi connectivity index (χ2v) is 6.53. The minimum Gasteiger partial charge on any atom is -0.388 e. The number of para-hydroxylation sites is 1. The van der Waals surface area contributed by atoms with Crippen LogP contribution in [0.25, 0.3) is 0 Å². The number of nitrogens with one attached hydrogen (secondary N) is 2. The number of rotatable bonds is 6. The Kier molecular flexibility index (Phi) is 6.35. The van der Waals surface area contributed by atoms with E-state index in [-0.39, 0.29) is 24.4 Å².